The molecular formula is C11H19N5OS. The number of anilines is 1. The van der Waals surface area contributed by atoms with Gasteiger partial charge in [-0.3, -0.25) is 9.69 Å². The van der Waals surface area contributed by atoms with Crippen molar-refractivity contribution in [3.05, 3.63) is 5.69 Å². The van der Waals surface area contributed by atoms with Crippen LogP contribution in [0, 0.1) is 0 Å². The largest absolute Gasteiger partial charge is 0.374 e. The fourth-order valence-electron chi connectivity index (χ4n) is 2.28. The van der Waals surface area contributed by atoms with Gasteiger partial charge in [0.2, 0.25) is 5.91 Å². The van der Waals surface area contributed by atoms with Crippen molar-refractivity contribution in [1.82, 2.24) is 19.8 Å². The molecular weight excluding hydrogens is 250 g/mol. The van der Waals surface area contributed by atoms with Gasteiger partial charge in [0.1, 0.15) is 10.7 Å². The van der Waals surface area contributed by atoms with Crippen molar-refractivity contribution in [1.29, 1.82) is 0 Å². The van der Waals surface area contributed by atoms with Gasteiger partial charge in [0.25, 0.3) is 0 Å². The molecule has 1 aromatic heterocycles. The third kappa shape index (κ3) is 2.78. The summed E-state index contributed by atoms with van der Waals surface area (Å²) in [7, 11) is 1.69. The van der Waals surface area contributed by atoms with Crippen LogP contribution in [0.4, 0.5) is 5.00 Å². The molecule has 0 bridgehead atoms. The maximum Gasteiger partial charge on any atom is 0.237 e. The highest BCUT2D eigenvalue weighted by molar-refractivity contribution is 7.10. The van der Waals surface area contributed by atoms with Crippen molar-refractivity contribution in [2.45, 2.75) is 32.4 Å². The standard InChI is InChI=1S/C11H19N5OS/c1-3-13-11-8(14-15-18-11)7-16-6-4-5-9(16)10(17)12-2/h9,13H,3-7H2,1-2H3,(H,12,17). The minimum Gasteiger partial charge on any atom is -0.374 e. The van der Waals surface area contributed by atoms with Crippen LogP contribution in [0.5, 0.6) is 0 Å². The summed E-state index contributed by atoms with van der Waals surface area (Å²) in [6, 6.07) is -0.0221. The summed E-state index contributed by atoms with van der Waals surface area (Å²) < 4.78 is 3.97. The maximum absolute atomic E-state index is 11.8. The number of likely N-dealkylation sites (tertiary alicyclic amines) is 1. The lowest BCUT2D eigenvalue weighted by Crippen LogP contribution is -2.41. The van der Waals surface area contributed by atoms with E-state index in [9.17, 15) is 4.79 Å². The van der Waals surface area contributed by atoms with Gasteiger partial charge in [0.05, 0.1) is 6.04 Å². The van der Waals surface area contributed by atoms with Crippen LogP contribution in [-0.2, 0) is 11.3 Å². The molecule has 0 saturated carbocycles. The highest BCUT2D eigenvalue weighted by Gasteiger charge is 2.30. The van der Waals surface area contributed by atoms with E-state index in [0.717, 1.165) is 36.6 Å². The Hall–Kier alpha value is -1.21. The molecule has 0 aromatic carbocycles. The fourth-order valence-corrected chi connectivity index (χ4v) is 2.92. The molecule has 0 aliphatic carbocycles. The lowest BCUT2D eigenvalue weighted by atomic mass is 10.2. The Kier molecular flexibility index (Phi) is 4.48. The molecule has 2 heterocycles. The van der Waals surface area contributed by atoms with Crippen LogP contribution in [0.2, 0.25) is 0 Å². The number of amides is 1. The van der Waals surface area contributed by atoms with E-state index in [1.54, 1.807) is 7.05 Å². The molecule has 1 amide bonds. The van der Waals surface area contributed by atoms with E-state index >= 15 is 0 Å². The molecule has 1 aromatic rings. The topological polar surface area (TPSA) is 70.2 Å². The summed E-state index contributed by atoms with van der Waals surface area (Å²) >= 11 is 1.37. The maximum atomic E-state index is 11.8. The Morgan fingerprint density at radius 1 is 1.61 bits per heavy atom. The van der Waals surface area contributed by atoms with Crippen LogP contribution in [0.15, 0.2) is 0 Å². The lowest BCUT2D eigenvalue weighted by molar-refractivity contribution is -0.125. The van der Waals surface area contributed by atoms with E-state index < -0.39 is 0 Å². The minimum absolute atomic E-state index is 0.0221. The Labute approximate surface area is 111 Å². The second-order valence-electron chi connectivity index (χ2n) is 4.32. The number of carbonyl (C=O) groups is 1. The molecule has 1 saturated heterocycles. The summed E-state index contributed by atoms with van der Waals surface area (Å²) in [6.07, 6.45) is 1.99. The molecule has 100 valence electrons. The Morgan fingerprint density at radius 2 is 2.44 bits per heavy atom. The van der Waals surface area contributed by atoms with Crippen LogP contribution in [0.3, 0.4) is 0 Å². The summed E-state index contributed by atoms with van der Waals surface area (Å²) in [6.45, 7) is 4.54. The number of carbonyl (C=O) groups excluding carboxylic acids is 1. The quantitative estimate of drug-likeness (QED) is 0.822. The van der Waals surface area contributed by atoms with Crippen LogP contribution in [0.25, 0.3) is 0 Å². The predicted octanol–water partition coefficient (Wildman–Crippen LogP) is 0.680. The minimum atomic E-state index is -0.0221. The molecule has 1 aliphatic heterocycles. The van der Waals surface area contributed by atoms with Crippen molar-refractivity contribution >= 4 is 22.4 Å². The van der Waals surface area contributed by atoms with Gasteiger partial charge < -0.3 is 10.6 Å². The van der Waals surface area contributed by atoms with Crippen LogP contribution in [-0.4, -0.2) is 46.6 Å². The van der Waals surface area contributed by atoms with E-state index in [1.165, 1.54) is 11.5 Å². The van der Waals surface area contributed by atoms with Gasteiger partial charge in [0.15, 0.2) is 0 Å². The SMILES string of the molecule is CCNc1snnc1CN1CCCC1C(=O)NC. The summed E-state index contributed by atoms with van der Waals surface area (Å²) in [5.74, 6) is 0.0979. The van der Waals surface area contributed by atoms with Gasteiger partial charge in [-0.25, -0.2) is 0 Å². The molecule has 1 aliphatic rings. The summed E-state index contributed by atoms with van der Waals surface area (Å²) in [5, 5.41) is 11.1. The zero-order valence-corrected chi connectivity index (χ0v) is 11.6. The van der Waals surface area contributed by atoms with Gasteiger partial charge in [0, 0.05) is 31.7 Å². The number of nitrogens with one attached hydrogen (secondary N) is 2. The van der Waals surface area contributed by atoms with Gasteiger partial charge in [-0.2, -0.15) is 0 Å². The van der Waals surface area contributed by atoms with Crippen LogP contribution in [0.1, 0.15) is 25.5 Å². The normalized spacial score (nSPS) is 20.0. The molecule has 0 radical (unpaired) electrons. The number of aromatic nitrogens is 2. The Bertz CT molecular complexity index is 408. The molecule has 1 fully saturated rings. The van der Waals surface area contributed by atoms with E-state index in [2.05, 4.69) is 25.1 Å². The molecule has 2 rings (SSSR count). The van der Waals surface area contributed by atoms with Crippen molar-refractivity contribution < 1.29 is 4.79 Å². The molecule has 7 heteroatoms. The predicted molar refractivity (Wildman–Crippen MR) is 71.6 cm³/mol. The van der Waals surface area contributed by atoms with Crippen molar-refractivity contribution in [2.75, 3.05) is 25.5 Å². The van der Waals surface area contributed by atoms with Gasteiger partial charge in [-0.15, -0.1) is 5.10 Å². The number of rotatable bonds is 5. The number of hydrogen-bond donors (Lipinski definition) is 2. The molecule has 18 heavy (non-hydrogen) atoms. The van der Waals surface area contributed by atoms with E-state index in [4.69, 9.17) is 0 Å². The van der Waals surface area contributed by atoms with Gasteiger partial charge in [-0.05, 0) is 26.3 Å². The van der Waals surface area contributed by atoms with Crippen molar-refractivity contribution in [3.63, 3.8) is 0 Å². The molecule has 1 unspecified atom stereocenters. The highest BCUT2D eigenvalue weighted by Crippen LogP contribution is 2.24. The average Bonchev–Trinajstić information content (AvgIpc) is 3.00. The molecule has 6 nitrogen and oxygen atoms in total. The van der Waals surface area contributed by atoms with E-state index in [-0.39, 0.29) is 11.9 Å². The van der Waals surface area contributed by atoms with E-state index in [0.29, 0.717) is 6.54 Å². The van der Waals surface area contributed by atoms with E-state index in [1.807, 2.05) is 6.92 Å². The first kappa shape index (κ1) is 13.2. The first-order valence-corrected chi connectivity index (χ1v) is 7.04. The summed E-state index contributed by atoms with van der Waals surface area (Å²) in [4.78, 5) is 13.9. The lowest BCUT2D eigenvalue weighted by Gasteiger charge is -2.22. The number of nitrogens with zero attached hydrogens (tertiary/aromatic N) is 3. The third-order valence-corrected chi connectivity index (χ3v) is 3.88. The zero-order valence-electron chi connectivity index (χ0n) is 10.8. The zero-order chi connectivity index (χ0) is 13.0. The fraction of sp³-hybridized carbons (Fsp3) is 0.727. The second-order valence-corrected chi connectivity index (χ2v) is 5.08. The Morgan fingerprint density at radius 3 is 3.17 bits per heavy atom. The number of likely N-dealkylation sites (N-methyl/N-ethyl adjacent to an activating group) is 1. The van der Waals surface area contributed by atoms with Gasteiger partial charge >= 0.3 is 0 Å². The van der Waals surface area contributed by atoms with Crippen LogP contribution < -0.4 is 10.6 Å². The molecule has 0 spiro atoms. The third-order valence-electron chi connectivity index (χ3n) is 3.16. The summed E-state index contributed by atoms with van der Waals surface area (Å²) in [5.41, 5.74) is 0.942. The first-order valence-electron chi connectivity index (χ1n) is 6.27. The smallest absolute Gasteiger partial charge is 0.237 e. The first-order chi connectivity index (χ1) is 8.76. The van der Waals surface area contributed by atoms with Gasteiger partial charge in [-0.1, -0.05) is 4.49 Å². The molecule has 1 atom stereocenters. The van der Waals surface area contributed by atoms with Crippen LogP contribution >= 0.6 is 11.5 Å². The number of hydrogen-bond acceptors (Lipinski definition) is 6. The van der Waals surface area contributed by atoms with Crippen molar-refractivity contribution in [3.8, 4) is 0 Å². The second kappa shape index (κ2) is 6.10. The average molecular weight is 269 g/mol. The van der Waals surface area contributed by atoms with Crippen molar-refractivity contribution in [2.24, 2.45) is 0 Å². The Balaban J connectivity index is 2.03. The molecule has 2 N–H and O–H groups in total. The highest BCUT2D eigenvalue weighted by atomic mass is 32.1. The monoisotopic (exact) mass is 269 g/mol.